The Kier molecular flexibility index (Phi) is 7.59. The maximum atomic E-state index is 13.4. The highest BCUT2D eigenvalue weighted by Crippen LogP contribution is 2.18. The highest BCUT2D eigenvalue weighted by atomic mass is 19.1. The van der Waals surface area contributed by atoms with Gasteiger partial charge in [0, 0.05) is 12.7 Å². The molecule has 0 atom stereocenters. The van der Waals surface area contributed by atoms with Gasteiger partial charge < -0.3 is 19.3 Å². The Morgan fingerprint density at radius 2 is 2.00 bits per heavy atom. The summed E-state index contributed by atoms with van der Waals surface area (Å²) in [5.41, 5.74) is 0.589. The van der Waals surface area contributed by atoms with Crippen LogP contribution in [0.4, 0.5) is 4.39 Å². The van der Waals surface area contributed by atoms with Gasteiger partial charge in [-0.2, -0.15) is 0 Å². The van der Waals surface area contributed by atoms with Crippen molar-refractivity contribution in [3.63, 3.8) is 0 Å². The second-order valence-electron chi connectivity index (χ2n) is 3.56. The first-order valence-electron chi connectivity index (χ1n) is 5.86. The van der Waals surface area contributed by atoms with Gasteiger partial charge in [-0.15, -0.1) is 0 Å². The summed E-state index contributed by atoms with van der Waals surface area (Å²) in [6.45, 7) is 1.36. The fourth-order valence-corrected chi connectivity index (χ4v) is 1.29. The maximum Gasteiger partial charge on any atom is 0.165 e. The molecule has 1 aromatic carbocycles. The molecule has 0 aromatic heterocycles. The van der Waals surface area contributed by atoms with Gasteiger partial charge in [0.05, 0.1) is 19.8 Å². The number of hydrogen-bond acceptors (Lipinski definition) is 4. The molecule has 0 aliphatic rings. The molecule has 1 N–H and O–H groups in total. The van der Waals surface area contributed by atoms with E-state index in [1.165, 1.54) is 18.2 Å². The number of halogens is 1. The molecule has 1 aromatic rings. The zero-order valence-electron chi connectivity index (χ0n) is 10.8. The van der Waals surface area contributed by atoms with Crippen LogP contribution in [0.15, 0.2) is 18.2 Å². The number of ether oxygens (including phenoxy) is 3. The molecular weight excluding hydrogens is 251 g/mol. The van der Waals surface area contributed by atoms with Crippen LogP contribution in [0.25, 0.3) is 0 Å². The predicted molar refractivity (Wildman–Crippen MR) is 68.6 cm³/mol. The molecule has 0 fully saturated rings. The maximum absolute atomic E-state index is 13.4. The van der Waals surface area contributed by atoms with E-state index in [-0.39, 0.29) is 19.0 Å². The third-order valence-electron chi connectivity index (χ3n) is 2.16. The molecule has 0 saturated carbocycles. The van der Waals surface area contributed by atoms with E-state index in [0.29, 0.717) is 25.4 Å². The third kappa shape index (κ3) is 6.20. The third-order valence-corrected chi connectivity index (χ3v) is 2.16. The van der Waals surface area contributed by atoms with Crippen molar-refractivity contribution in [1.29, 1.82) is 0 Å². The monoisotopic (exact) mass is 268 g/mol. The topological polar surface area (TPSA) is 47.9 Å². The Hall–Kier alpha value is -1.61. The zero-order valence-corrected chi connectivity index (χ0v) is 10.8. The molecule has 0 spiro atoms. The molecular formula is C14H17FO4. The number of hydrogen-bond donors (Lipinski definition) is 1. The molecule has 0 heterocycles. The lowest BCUT2D eigenvalue weighted by Gasteiger charge is -2.08. The lowest BCUT2D eigenvalue weighted by molar-refractivity contribution is 0.0538. The summed E-state index contributed by atoms with van der Waals surface area (Å²) in [6.07, 6.45) is 0. The van der Waals surface area contributed by atoms with Crippen molar-refractivity contribution in [2.24, 2.45) is 0 Å². The molecule has 0 aliphatic carbocycles. The van der Waals surface area contributed by atoms with Crippen LogP contribution in [-0.4, -0.2) is 45.3 Å². The summed E-state index contributed by atoms with van der Waals surface area (Å²) >= 11 is 0. The smallest absolute Gasteiger partial charge is 0.165 e. The number of aliphatic hydroxyl groups excluding tert-OH is 1. The molecule has 0 bridgehead atoms. The van der Waals surface area contributed by atoms with Crippen LogP contribution in [0.1, 0.15) is 5.56 Å². The highest BCUT2D eigenvalue weighted by molar-refractivity contribution is 5.40. The van der Waals surface area contributed by atoms with E-state index < -0.39 is 5.82 Å². The van der Waals surface area contributed by atoms with Gasteiger partial charge in [0.2, 0.25) is 0 Å². The quantitative estimate of drug-likeness (QED) is 0.596. The van der Waals surface area contributed by atoms with E-state index >= 15 is 0 Å². The summed E-state index contributed by atoms with van der Waals surface area (Å²) in [5.74, 6) is 4.85. The lowest BCUT2D eigenvalue weighted by atomic mass is 10.2. The summed E-state index contributed by atoms with van der Waals surface area (Å²) < 4.78 is 28.7. The van der Waals surface area contributed by atoms with Gasteiger partial charge in [0.25, 0.3) is 0 Å². The molecule has 5 heteroatoms. The van der Waals surface area contributed by atoms with Crippen LogP contribution in [-0.2, 0) is 9.47 Å². The van der Waals surface area contributed by atoms with Crippen molar-refractivity contribution in [2.45, 2.75) is 0 Å². The van der Waals surface area contributed by atoms with Crippen LogP contribution in [0.2, 0.25) is 0 Å². The van der Waals surface area contributed by atoms with Crippen LogP contribution in [0.5, 0.6) is 5.75 Å². The van der Waals surface area contributed by atoms with Crippen LogP contribution >= 0.6 is 0 Å². The minimum Gasteiger partial charge on any atom is -0.488 e. The number of benzene rings is 1. The van der Waals surface area contributed by atoms with Crippen LogP contribution in [0, 0.1) is 17.7 Å². The molecule has 0 unspecified atom stereocenters. The van der Waals surface area contributed by atoms with E-state index in [1.54, 1.807) is 7.11 Å². The second-order valence-corrected chi connectivity index (χ2v) is 3.56. The van der Waals surface area contributed by atoms with Crippen molar-refractivity contribution in [2.75, 3.05) is 40.1 Å². The summed E-state index contributed by atoms with van der Waals surface area (Å²) in [5, 5.41) is 8.59. The molecule has 104 valence electrons. The standard InChI is InChI=1S/C14H17FO4/c1-17-7-8-18-9-10-19-14-11-12(3-2-6-16)4-5-13(14)15/h4-5,11,16H,6-10H2,1H3. The molecule has 0 radical (unpaired) electrons. The molecule has 4 nitrogen and oxygen atoms in total. The number of aliphatic hydroxyl groups is 1. The fourth-order valence-electron chi connectivity index (χ4n) is 1.29. The predicted octanol–water partition coefficient (Wildman–Crippen LogP) is 1.21. The fraction of sp³-hybridized carbons (Fsp3) is 0.429. The Morgan fingerprint density at radius 1 is 1.21 bits per heavy atom. The average molecular weight is 268 g/mol. The van der Waals surface area contributed by atoms with Crippen LogP contribution < -0.4 is 4.74 Å². The number of rotatable bonds is 7. The number of methoxy groups -OCH3 is 1. The lowest BCUT2D eigenvalue weighted by Crippen LogP contribution is -2.10. The van der Waals surface area contributed by atoms with Gasteiger partial charge in [0.15, 0.2) is 11.6 Å². The first kappa shape index (κ1) is 15.4. The van der Waals surface area contributed by atoms with Crippen molar-refractivity contribution < 1.29 is 23.7 Å². The average Bonchev–Trinajstić information content (AvgIpc) is 2.43. The second kappa shape index (κ2) is 9.34. The highest BCUT2D eigenvalue weighted by Gasteiger charge is 2.03. The summed E-state index contributed by atoms with van der Waals surface area (Å²) in [4.78, 5) is 0. The Morgan fingerprint density at radius 3 is 2.74 bits per heavy atom. The largest absolute Gasteiger partial charge is 0.488 e. The Labute approximate surface area is 112 Å². The molecule has 1 rings (SSSR count). The minimum atomic E-state index is -0.452. The molecule has 0 amide bonds. The van der Waals surface area contributed by atoms with Gasteiger partial charge in [-0.05, 0) is 18.2 Å². The van der Waals surface area contributed by atoms with Crippen molar-refractivity contribution in [1.82, 2.24) is 0 Å². The normalized spacial score (nSPS) is 9.84. The Balaban J connectivity index is 2.43. The molecule has 0 aliphatic heterocycles. The molecule has 0 saturated heterocycles. The molecule has 19 heavy (non-hydrogen) atoms. The van der Waals surface area contributed by atoms with Crippen molar-refractivity contribution in [3.8, 4) is 17.6 Å². The van der Waals surface area contributed by atoms with Gasteiger partial charge >= 0.3 is 0 Å². The van der Waals surface area contributed by atoms with Gasteiger partial charge in [0.1, 0.15) is 13.2 Å². The summed E-state index contributed by atoms with van der Waals surface area (Å²) in [6, 6.07) is 4.30. The van der Waals surface area contributed by atoms with E-state index in [9.17, 15) is 4.39 Å². The van der Waals surface area contributed by atoms with E-state index in [0.717, 1.165) is 0 Å². The minimum absolute atomic E-state index is 0.125. The van der Waals surface area contributed by atoms with Gasteiger partial charge in [-0.1, -0.05) is 11.8 Å². The Bertz CT molecular complexity index is 437. The zero-order chi connectivity index (χ0) is 13.9. The summed E-state index contributed by atoms with van der Waals surface area (Å²) in [7, 11) is 1.59. The van der Waals surface area contributed by atoms with E-state index in [2.05, 4.69) is 11.8 Å². The van der Waals surface area contributed by atoms with Gasteiger partial charge in [-0.25, -0.2) is 4.39 Å². The van der Waals surface area contributed by atoms with Crippen molar-refractivity contribution in [3.05, 3.63) is 29.6 Å². The van der Waals surface area contributed by atoms with E-state index in [4.69, 9.17) is 19.3 Å². The first-order valence-corrected chi connectivity index (χ1v) is 5.86. The first-order chi connectivity index (χ1) is 9.27. The SMILES string of the molecule is COCCOCCOc1cc(C#CCO)ccc1F. The van der Waals surface area contributed by atoms with Gasteiger partial charge in [-0.3, -0.25) is 0 Å². The van der Waals surface area contributed by atoms with Crippen molar-refractivity contribution >= 4 is 0 Å². The van der Waals surface area contributed by atoms with Crippen LogP contribution in [0.3, 0.4) is 0 Å². The van der Waals surface area contributed by atoms with E-state index in [1.807, 2.05) is 0 Å².